The first-order valence-electron chi connectivity index (χ1n) is 5.68. The highest BCUT2D eigenvalue weighted by Crippen LogP contribution is 2.22. The van der Waals surface area contributed by atoms with Gasteiger partial charge in [0.15, 0.2) is 0 Å². The number of nitrogens with one attached hydrogen (secondary N) is 2. The molecule has 8 nitrogen and oxygen atoms in total. The summed E-state index contributed by atoms with van der Waals surface area (Å²) < 4.78 is 4.91. The molecule has 108 valence electrons. The van der Waals surface area contributed by atoms with Crippen LogP contribution in [0.25, 0.3) is 0 Å². The molecular formula is C12H15N3O5. The van der Waals surface area contributed by atoms with E-state index in [4.69, 9.17) is 15.6 Å². The monoisotopic (exact) mass is 281 g/mol. The number of nitrogens with two attached hydrogens (primary N) is 1. The quantitative estimate of drug-likeness (QED) is 0.599. The average Bonchev–Trinajstić information content (AvgIpc) is 2.38. The number of methoxy groups -OCH3 is 1. The first-order valence-corrected chi connectivity index (χ1v) is 5.68. The molecule has 0 fully saturated rings. The van der Waals surface area contributed by atoms with Gasteiger partial charge in [0, 0.05) is 13.0 Å². The van der Waals surface area contributed by atoms with Crippen LogP contribution in [0.2, 0.25) is 0 Å². The van der Waals surface area contributed by atoms with E-state index in [9.17, 15) is 14.4 Å². The van der Waals surface area contributed by atoms with Crippen LogP contribution in [0.3, 0.4) is 0 Å². The predicted octanol–water partition coefficient (Wildman–Crippen LogP) is 0.390. The van der Waals surface area contributed by atoms with E-state index in [1.54, 1.807) is 0 Å². The lowest BCUT2D eigenvalue weighted by Crippen LogP contribution is -2.32. The van der Waals surface area contributed by atoms with E-state index in [-0.39, 0.29) is 24.2 Å². The molecule has 0 radical (unpaired) electrons. The molecule has 20 heavy (non-hydrogen) atoms. The second kappa shape index (κ2) is 6.98. The Balaban J connectivity index is 2.73. The van der Waals surface area contributed by atoms with Gasteiger partial charge in [0.05, 0.1) is 18.4 Å². The van der Waals surface area contributed by atoms with Crippen LogP contribution in [0, 0.1) is 0 Å². The van der Waals surface area contributed by atoms with Crippen molar-refractivity contribution in [2.75, 3.05) is 19.0 Å². The number of hydrogen-bond donors (Lipinski definition) is 4. The summed E-state index contributed by atoms with van der Waals surface area (Å²) in [5.41, 5.74) is 4.94. The minimum Gasteiger partial charge on any atom is -0.497 e. The fraction of sp³-hybridized carbons (Fsp3) is 0.250. The Hall–Kier alpha value is -2.77. The van der Waals surface area contributed by atoms with Crippen molar-refractivity contribution in [1.82, 2.24) is 5.32 Å². The molecule has 0 atom stereocenters. The van der Waals surface area contributed by atoms with Gasteiger partial charge < -0.3 is 26.2 Å². The largest absolute Gasteiger partial charge is 0.497 e. The summed E-state index contributed by atoms with van der Waals surface area (Å²) in [6.07, 6.45) is 0.00181. The van der Waals surface area contributed by atoms with E-state index in [1.165, 1.54) is 25.3 Å². The van der Waals surface area contributed by atoms with E-state index in [2.05, 4.69) is 10.6 Å². The number of anilines is 1. The number of ether oxygens (including phenoxy) is 1. The lowest BCUT2D eigenvalue weighted by atomic mass is 10.1. The molecule has 8 heteroatoms. The Kier molecular flexibility index (Phi) is 5.33. The van der Waals surface area contributed by atoms with Crippen molar-refractivity contribution in [2.24, 2.45) is 5.73 Å². The Morgan fingerprint density at radius 1 is 1.35 bits per heavy atom. The lowest BCUT2D eigenvalue weighted by Gasteiger charge is -2.10. The highest BCUT2D eigenvalue weighted by molar-refractivity contribution is 6.00. The maximum Gasteiger partial charge on any atom is 0.337 e. The molecule has 0 heterocycles. The van der Waals surface area contributed by atoms with Gasteiger partial charge in [-0.15, -0.1) is 0 Å². The molecule has 1 aromatic carbocycles. The Bertz CT molecular complexity index is 530. The van der Waals surface area contributed by atoms with Gasteiger partial charge >= 0.3 is 12.0 Å². The van der Waals surface area contributed by atoms with Crippen LogP contribution in [-0.4, -0.2) is 36.7 Å². The Labute approximate surface area is 114 Å². The highest BCUT2D eigenvalue weighted by Gasteiger charge is 2.13. The maximum absolute atomic E-state index is 11.5. The summed E-state index contributed by atoms with van der Waals surface area (Å²) in [6.45, 7) is 0.0692. The van der Waals surface area contributed by atoms with Crippen LogP contribution >= 0.6 is 0 Å². The number of carbonyl (C=O) groups excluding carboxylic acids is 2. The topological polar surface area (TPSA) is 131 Å². The molecule has 1 aromatic rings. The Morgan fingerprint density at radius 3 is 2.60 bits per heavy atom. The first-order chi connectivity index (χ1) is 9.43. The van der Waals surface area contributed by atoms with Gasteiger partial charge in [-0.05, 0) is 18.2 Å². The van der Waals surface area contributed by atoms with E-state index >= 15 is 0 Å². The normalized spacial score (nSPS) is 9.65. The molecule has 0 aliphatic rings. The second-order valence-electron chi connectivity index (χ2n) is 3.81. The second-order valence-corrected chi connectivity index (χ2v) is 3.81. The zero-order valence-electron chi connectivity index (χ0n) is 10.8. The fourth-order valence-electron chi connectivity index (χ4n) is 1.40. The number of amides is 3. The van der Waals surface area contributed by atoms with Gasteiger partial charge in [-0.3, -0.25) is 4.79 Å². The van der Waals surface area contributed by atoms with Crippen molar-refractivity contribution in [2.45, 2.75) is 6.42 Å². The molecule has 0 bridgehead atoms. The first kappa shape index (κ1) is 15.3. The molecule has 0 saturated heterocycles. The molecule has 0 unspecified atom stereocenters. The number of carboxylic acid groups (broad SMARTS) is 1. The van der Waals surface area contributed by atoms with Gasteiger partial charge in [0.1, 0.15) is 5.75 Å². The summed E-state index contributed by atoms with van der Waals surface area (Å²) in [5.74, 6) is -1.38. The summed E-state index contributed by atoms with van der Waals surface area (Å²) >= 11 is 0. The zero-order valence-corrected chi connectivity index (χ0v) is 10.8. The number of primary amides is 1. The number of urea groups is 1. The zero-order chi connectivity index (χ0) is 15.1. The van der Waals surface area contributed by atoms with E-state index in [0.717, 1.165) is 0 Å². The summed E-state index contributed by atoms with van der Waals surface area (Å²) in [5, 5.41) is 13.8. The van der Waals surface area contributed by atoms with Gasteiger partial charge in [-0.2, -0.15) is 0 Å². The molecule has 1 rings (SSSR count). The number of aromatic carboxylic acids is 1. The molecule has 0 saturated carbocycles. The van der Waals surface area contributed by atoms with Gasteiger partial charge in [0.2, 0.25) is 5.91 Å². The average molecular weight is 281 g/mol. The van der Waals surface area contributed by atoms with Crippen LogP contribution in [0.5, 0.6) is 5.75 Å². The number of rotatable bonds is 6. The van der Waals surface area contributed by atoms with Crippen LogP contribution in [0.1, 0.15) is 16.8 Å². The van der Waals surface area contributed by atoms with Gasteiger partial charge in [-0.25, -0.2) is 9.59 Å². The van der Waals surface area contributed by atoms with Crippen LogP contribution in [0.4, 0.5) is 10.5 Å². The van der Waals surface area contributed by atoms with Crippen LogP contribution < -0.4 is 21.1 Å². The van der Waals surface area contributed by atoms with Crippen molar-refractivity contribution >= 4 is 23.6 Å². The summed E-state index contributed by atoms with van der Waals surface area (Å²) in [6, 6.07) is 3.60. The van der Waals surface area contributed by atoms with Crippen molar-refractivity contribution < 1.29 is 24.2 Å². The minimum atomic E-state index is -1.20. The number of carboxylic acids is 1. The molecule has 0 aliphatic heterocycles. The van der Waals surface area contributed by atoms with Gasteiger partial charge in [0.25, 0.3) is 0 Å². The number of benzene rings is 1. The maximum atomic E-state index is 11.5. The third kappa shape index (κ3) is 4.48. The van der Waals surface area contributed by atoms with E-state index in [0.29, 0.717) is 5.75 Å². The molecular weight excluding hydrogens is 266 g/mol. The summed E-state index contributed by atoms with van der Waals surface area (Å²) in [4.78, 5) is 33.1. The molecule has 0 aliphatic carbocycles. The van der Waals surface area contributed by atoms with Crippen molar-refractivity contribution in [3.63, 3.8) is 0 Å². The minimum absolute atomic E-state index is 0.00181. The molecule has 0 spiro atoms. The van der Waals surface area contributed by atoms with E-state index < -0.39 is 17.9 Å². The fourth-order valence-corrected chi connectivity index (χ4v) is 1.40. The van der Waals surface area contributed by atoms with Crippen molar-refractivity contribution in [3.05, 3.63) is 23.8 Å². The SMILES string of the molecule is COc1ccc(NC(=O)NCCC(N)=O)c(C(=O)O)c1. The predicted molar refractivity (Wildman–Crippen MR) is 70.8 cm³/mol. The van der Waals surface area contributed by atoms with Gasteiger partial charge in [-0.1, -0.05) is 0 Å². The summed E-state index contributed by atoms with van der Waals surface area (Å²) in [7, 11) is 1.41. The lowest BCUT2D eigenvalue weighted by molar-refractivity contribution is -0.117. The number of carbonyl (C=O) groups is 3. The molecule has 3 amide bonds. The third-order valence-electron chi connectivity index (χ3n) is 2.36. The Morgan fingerprint density at radius 2 is 2.05 bits per heavy atom. The van der Waals surface area contributed by atoms with Crippen molar-refractivity contribution in [1.29, 1.82) is 0 Å². The van der Waals surface area contributed by atoms with E-state index in [1.807, 2.05) is 0 Å². The van der Waals surface area contributed by atoms with Crippen molar-refractivity contribution in [3.8, 4) is 5.75 Å². The molecule has 0 aromatic heterocycles. The highest BCUT2D eigenvalue weighted by atomic mass is 16.5. The standard InChI is InChI=1S/C12H15N3O5/c1-20-7-2-3-9(8(6-7)11(17)18)15-12(19)14-5-4-10(13)16/h2-3,6H,4-5H2,1H3,(H2,13,16)(H,17,18)(H2,14,15,19). The van der Waals surface area contributed by atoms with Crippen LogP contribution in [-0.2, 0) is 4.79 Å². The third-order valence-corrected chi connectivity index (χ3v) is 2.36. The smallest absolute Gasteiger partial charge is 0.337 e. The van der Waals surface area contributed by atoms with Crippen LogP contribution in [0.15, 0.2) is 18.2 Å². The molecule has 5 N–H and O–H groups in total. The number of hydrogen-bond acceptors (Lipinski definition) is 4.